The largest absolute Gasteiger partial charge is 0.394 e. The molecule has 8 N–H and O–H groups in total. The normalized spacial score (nSPS) is 21.5. The van der Waals surface area contributed by atoms with E-state index in [2.05, 4.69) is 31.1 Å². The standard InChI is InChI=1S/C16H17Cl2N5O2.C9H11F2N3O4/c17-10-2-1-3-11(18)13(10)15(24)22-12-8-20-23-14(12)16(25)21-9-4-6-19-7-5-9;10-9(11)6(16)4(3-15)18-7(9)14-2-1-5(12)13-8(14)17/h1-3,8-9,19H,4-7H2,(H,20,23)(H,21,25)(H,22,24);1-2,4,6-7,15-16H,3H2,(H2,12,13,17)/t;4-,6-,7-/m.1/s1. The molecule has 5 rings (SSSR count). The number of aromatic amines is 1. The van der Waals surface area contributed by atoms with Crippen LogP contribution < -0.4 is 27.4 Å². The highest BCUT2D eigenvalue weighted by molar-refractivity contribution is 6.40. The highest BCUT2D eigenvalue weighted by atomic mass is 35.5. The lowest BCUT2D eigenvalue weighted by molar-refractivity contribution is -0.140. The Hall–Kier alpha value is -3.67. The van der Waals surface area contributed by atoms with E-state index in [1.165, 1.54) is 6.20 Å². The SMILES string of the molecule is Nc1ccn([C@@H]2O[C@H](CO)[C@@H](O)C2(F)F)c(=O)n1.O=C(NC1CCNCC1)c1[nH]ncc1NC(=O)c1c(Cl)cccc1Cl. The average molecular weight is 645 g/mol. The number of hydrogen-bond donors (Lipinski definition) is 7. The van der Waals surface area contributed by atoms with Crippen molar-refractivity contribution in [3.05, 3.63) is 68.4 Å². The molecule has 3 aromatic rings. The lowest BCUT2D eigenvalue weighted by atomic mass is 10.1. The van der Waals surface area contributed by atoms with Crippen molar-refractivity contribution in [2.24, 2.45) is 0 Å². The minimum Gasteiger partial charge on any atom is -0.394 e. The summed E-state index contributed by atoms with van der Waals surface area (Å²) in [6.07, 6.45) is -1.60. The van der Waals surface area contributed by atoms with Crippen molar-refractivity contribution in [3.8, 4) is 0 Å². The summed E-state index contributed by atoms with van der Waals surface area (Å²) in [5.41, 5.74) is 4.82. The number of nitrogens with two attached hydrogens (primary N) is 1. The molecule has 2 aliphatic rings. The number of carbonyl (C=O) groups is 2. The van der Waals surface area contributed by atoms with E-state index in [4.69, 9.17) is 38.8 Å². The molecule has 0 unspecified atom stereocenters. The third-order valence-electron chi connectivity index (χ3n) is 6.64. The van der Waals surface area contributed by atoms with Gasteiger partial charge < -0.3 is 36.6 Å². The number of nitrogens with zero attached hydrogens (tertiary/aromatic N) is 3. The summed E-state index contributed by atoms with van der Waals surface area (Å²) in [6.45, 7) is 0.940. The molecular weight excluding hydrogens is 617 g/mol. The van der Waals surface area contributed by atoms with Crippen LogP contribution in [0.2, 0.25) is 10.0 Å². The van der Waals surface area contributed by atoms with Crippen molar-refractivity contribution < 1.29 is 33.3 Å². The van der Waals surface area contributed by atoms with Crippen LogP contribution in [0, 0.1) is 0 Å². The fourth-order valence-corrected chi connectivity index (χ4v) is 4.97. The highest BCUT2D eigenvalue weighted by Crippen LogP contribution is 2.41. The molecule has 2 saturated heterocycles. The van der Waals surface area contributed by atoms with Gasteiger partial charge in [0.05, 0.1) is 34.1 Å². The molecule has 3 atom stereocenters. The number of halogens is 4. The molecule has 0 saturated carbocycles. The van der Waals surface area contributed by atoms with Crippen LogP contribution in [0.25, 0.3) is 0 Å². The summed E-state index contributed by atoms with van der Waals surface area (Å²) in [5, 5.41) is 33.8. The van der Waals surface area contributed by atoms with Crippen LogP contribution in [0.15, 0.2) is 41.5 Å². The summed E-state index contributed by atoms with van der Waals surface area (Å²) in [7, 11) is 0. The number of H-pyrrole nitrogens is 1. The molecule has 18 heteroatoms. The van der Waals surface area contributed by atoms with E-state index >= 15 is 0 Å². The summed E-state index contributed by atoms with van der Waals surface area (Å²) >= 11 is 12.1. The number of benzene rings is 1. The van der Waals surface area contributed by atoms with Gasteiger partial charge in [0.15, 0.2) is 6.10 Å². The first-order valence-electron chi connectivity index (χ1n) is 12.9. The second kappa shape index (κ2) is 13.7. The van der Waals surface area contributed by atoms with Gasteiger partial charge in [-0.2, -0.15) is 18.9 Å². The Morgan fingerprint density at radius 3 is 2.47 bits per heavy atom. The number of anilines is 2. The van der Waals surface area contributed by atoms with Crippen LogP contribution in [0.4, 0.5) is 20.3 Å². The average Bonchev–Trinajstić information content (AvgIpc) is 3.51. The van der Waals surface area contributed by atoms with Gasteiger partial charge in [0.2, 0.25) is 6.23 Å². The third-order valence-corrected chi connectivity index (χ3v) is 7.27. The summed E-state index contributed by atoms with van der Waals surface area (Å²) < 4.78 is 32.7. The number of rotatable bonds is 6. The highest BCUT2D eigenvalue weighted by Gasteiger charge is 2.59. The lowest BCUT2D eigenvalue weighted by Crippen LogP contribution is -2.43. The molecule has 0 bridgehead atoms. The van der Waals surface area contributed by atoms with Crippen LogP contribution in [-0.2, 0) is 4.74 Å². The molecule has 2 aliphatic heterocycles. The molecule has 232 valence electrons. The number of alkyl halides is 2. The molecule has 2 fully saturated rings. The zero-order chi connectivity index (χ0) is 31.3. The number of aromatic nitrogens is 4. The number of nitrogen functional groups attached to an aromatic ring is 1. The molecule has 0 radical (unpaired) electrons. The van der Waals surface area contributed by atoms with Crippen molar-refractivity contribution in [2.45, 2.75) is 43.2 Å². The molecule has 2 aromatic heterocycles. The van der Waals surface area contributed by atoms with Crippen molar-refractivity contribution in [1.82, 2.24) is 30.4 Å². The fourth-order valence-electron chi connectivity index (χ4n) is 4.40. The number of nitrogens with one attached hydrogen (secondary N) is 4. The second-order valence-electron chi connectivity index (χ2n) is 9.58. The first-order valence-corrected chi connectivity index (χ1v) is 13.7. The number of hydrogen-bond acceptors (Lipinski definition) is 10. The van der Waals surface area contributed by atoms with Crippen LogP contribution in [0.3, 0.4) is 0 Å². The van der Waals surface area contributed by atoms with E-state index in [0.717, 1.165) is 38.2 Å². The maximum absolute atomic E-state index is 13.7. The predicted molar refractivity (Wildman–Crippen MR) is 151 cm³/mol. The van der Waals surface area contributed by atoms with E-state index in [1.807, 2.05) is 0 Å². The number of amides is 2. The first-order chi connectivity index (χ1) is 20.4. The number of carbonyl (C=O) groups excluding carboxylic acids is 2. The maximum Gasteiger partial charge on any atom is 0.351 e. The molecule has 4 heterocycles. The van der Waals surface area contributed by atoms with E-state index in [0.29, 0.717) is 4.57 Å². The van der Waals surface area contributed by atoms with Gasteiger partial charge in [0.25, 0.3) is 11.8 Å². The second-order valence-corrected chi connectivity index (χ2v) is 10.4. The fraction of sp³-hybridized carbons (Fsp3) is 0.400. The lowest BCUT2D eigenvalue weighted by Gasteiger charge is -2.23. The smallest absolute Gasteiger partial charge is 0.351 e. The van der Waals surface area contributed by atoms with E-state index in [-0.39, 0.29) is 44.8 Å². The summed E-state index contributed by atoms with van der Waals surface area (Å²) in [4.78, 5) is 39.6. The van der Waals surface area contributed by atoms with Crippen LogP contribution in [0.5, 0.6) is 0 Å². The Balaban J connectivity index is 0.000000208. The van der Waals surface area contributed by atoms with Gasteiger partial charge >= 0.3 is 11.6 Å². The quantitative estimate of drug-likeness (QED) is 0.203. The minimum atomic E-state index is -3.71. The zero-order valence-electron chi connectivity index (χ0n) is 22.3. The van der Waals surface area contributed by atoms with Gasteiger partial charge in [-0.15, -0.1) is 0 Å². The predicted octanol–water partition coefficient (Wildman–Crippen LogP) is 1.16. The van der Waals surface area contributed by atoms with Gasteiger partial charge in [-0.3, -0.25) is 19.3 Å². The van der Waals surface area contributed by atoms with E-state index in [1.54, 1.807) is 18.2 Å². The van der Waals surface area contributed by atoms with Crippen molar-refractivity contribution in [3.63, 3.8) is 0 Å². The molecule has 43 heavy (non-hydrogen) atoms. The molecule has 14 nitrogen and oxygen atoms in total. The van der Waals surface area contributed by atoms with E-state index < -0.39 is 42.6 Å². The number of piperidine rings is 1. The minimum absolute atomic E-state index is 0.0959. The maximum atomic E-state index is 13.7. The van der Waals surface area contributed by atoms with Crippen LogP contribution in [0.1, 0.15) is 39.9 Å². The molecule has 0 spiro atoms. The summed E-state index contributed by atoms with van der Waals surface area (Å²) in [5.74, 6) is -4.65. The van der Waals surface area contributed by atoms with Crippen LogP contribution >= 0.6 is 23.2 Å². The molecular formula is C25H28Cl2F2N8O6. The topological polar surface area (TPSA) is 210 Å². The van der Waals surface area contributed by atoms with Crippen molar-refractivity contribution in [1.29, 1.82) is 0 Å². The third kappa shape index (κ3) is 7.29. The Kier molecular flexibility index (Phi) is 10.3. The number of ether oxygens (including phenoxy) is 1. The van der Waals surface area contributed by atoms with Crippen molar-refractivity contribution >= 4 is 46.5 Å². The monoisotopic (exact) mass is 644 g/mol. The Morgan fingerprint density at radius 1 is 1.19 bits per heavy atom. The van der Waals surface area contributed by atoms with Gasteiger partial charge in [0, 0.05) is 12.2 Å². The Bertz CT molecular complexity index is 1500. The van der Waals surface area contributed by atoms with E-state index in [9.17, 15) is 28.3 Å². The zero-order valence-corrected chi connectivity index (χ0v) is 23.8. The number of aliphatic hydroxyl groups is 2. The van der Waals surface area contributed by atoms with Gasteiger partial charge in [0.1, 0.15) is 17.6 Å². The van der Waals surface area contributed by atoms with Crippen molar-refractivity contribution in [2.75, 3.05) is 30.7 Å². The number of aliphatic hydroxyl groups excluding tert-OH is 2. The molecule has 1 aromatic carbocycles. The van der Waals surface area contributed by atoms with Gasteiger partial charge in [-0.1, -0.05) is 29.3 Å². The summed E-state index contributed by atoms with van der Waals surface area (Å²) in [6, 6.07) is 6.04. The molecule has 2 amide bonds. The van der Waals surface area contributed by atoms with Crippen LogP contribution in [-0.4, -0.2) is 85.6 Å². The molecule has 0 aliphatic carbocycles. The Morgan fingerprint density at radius 2 is 1.86 bits per heavy atom. The van der Waals surface area contributed by atoms with Gasteiger partial charge in [-0.05, 0) is 44.1 Å². The first kappa shape index (κ1) is 32.2. The van der Waals surface area contributed by atoms with Gasteiger partial charge in [-0.25, -0.2) is 4.79 Å². The Labute approximate surface area is 252 Å².